The highest BCUT2D eigenvalue weighted by Gasteiger charge is 2.20. The number of hydrogen-bond acceptors (Lipinski definition) is 3. The first-order valence-corrected chi connectivity index (χ1v) is 6.70. The minimum absolute atomic E-state index is 0.0639. The first-order chi connectivity index (χ1) is 6.91. The Balaban J connectivity index is 3.67. The monoisotopic (exact) mass is 243 g/mol. The van der Waals surface area contributed by atoms with Crippen molar-refractivity contribution in [3.05, 3.63) is 28.8 Å². The number of hydrogen-bond donors (Lipinski definition) is 0. The van der Waals surface area contributed by atoms with Gasteiger partial charge in [-0.05, 0) is 30.5 Å². The van der Waals surface area contributed by atoms with Gasteiger partial charge in [-0.15, -0.1) is 0 Å². The summed E-state index contributed by atoms with van der Waals surface area (Å²) in [5.74, 6) is 0. The minimum atomic E-state index is -3.86. The fourth-order valence-corrected chi connectivity index (χ4v) is 2.99. The molecule has 15 heavy (non-hydrogen) atoms. The van der Waals surface area contributed by atoms with E-state index in [1.165, 1.54) is 6.07 Å². The van der Waals surface area contributed by atoms with Gasteiger partial charge in [0, 0.05) is 10.7 Å². The van der Waals surface area contributed by atoms with Gasteiger partial charge in [-0.25, -0.2) is 8.42 Å². The van der Waals surface area contributed by atoms with Gasteiger partial charge in [0.05, 0.1) is 5.56 Å². The summed E-state index contributed by atoms with van der Waals surface area (Å²) in [6.07, 6.45) is 0.705. The van der Waals surface area contributed by atoms with E-state index in [1.807, 2.05) is 13.0 Å². The third kappa shape index (κ3) is 2.31. The van der Waals surface area contributed by atoms with Crippen LogP contribution in [0.1, 0.15) is 23.6 Å². The Bertz CT molecular complexity index is 529. The van der Waals surface area contributed by atoms with E-state index in [1.54, 1.807) is 13.0 Å². The normalized spacial score (nSPS) is 11.1. The fraction of sp³-hybridized carbons (Fsp3) is 0.300. The molecule has 0 aliphatic rings. The van der Waals surface area contributed by atoms with Gasteiger partial charge in [0.1, 0.15) is 11.0 Å². The molecule has 0 fully saturated rings. The van der Waals surface area contributed by atoms with Gasteiger partial charge < -0.3 is 0 Å². The van der Waals surface area contributed by atoms with Crippen molar-refractivity contribution in [1.29, 1.82) is 5.26 Å². The van der Waals surface area contributed by atoms with E-state index in [4.69, 9.17) is 15.9 Å². The zero-order chi connectivity index (χ0) is 11.6. The van der Waals surface area contributed by atoms with Crippen LogP contribution in [0.4, 0.5) is 0 Å². The highest BCUT2D eigenvalue weighted by Crippen LogP contribution is 2.26. The van der Waals surface area contributed by atoms with E-state index >= 15 is 0 Å². The Hall–Kier alpha value is -1.05. The summed E-state index contributed by atoms with van der Waals surface area (Å²) < 4.78 is 22.6. The molecule has 1 aromatic carbocycles. The van der Waals surface area contributed by atoms with E-state index < -0.39 is 9.05 Å². The summed E-state index contributed by atoms with van der Waals surface area (Å²) in [7, 11) is 1.44. The molecule has 3 nitrogen and oxygen atoms in total. The predicted molar refractivity (Wildman–Crippen MR) is 58.3 cm³/mol. The topological polar surface area (TPSA) is 57.9 Å². The van der Waals surface area contributed by atoms with Gasteiger partial charge in [-0.2, -0.15) is 5.26 Å². The Morgan fingerprint density at radius 2 is 2.07 bits per heavy atom. The van der Waals surface area contributed by atoms with Gasteiger partial charge in [-0.3, -0.25) is 0 Å². The van der Waals surface area contributed by atoms with Crippen LogP contribution in [0.2, 0.25) is 0 Å². The quantitative estimate of drug-likeness (QED) is 0.750. The lowest BCUT2D eigenvalue weighted by Gasteiger charge is -2.08. The average Bonchev–Trinajstić information content (AvgIpc) is 2.15. The molecule has 80 valence electrons. The SMILES string of the molecule is CCc1ccc(C#N)c(S(=O)(=O)Cl)c1C. The van der Waals surface area contributed by atoms with Crippen molar-refractivity contribution in [3.8, 4) is 6.07 Å². The molecule has 0 bridgehead atoms. The Kier molecular flexibility index (Phi) is 3.38. The first kappa shape index (κ1) is 12.0. The van der Waals surface area contributed by atoms with E-state index in [9.17, 15) is 8.42 Å². The van der Waals surface area contributed by atoms with Crippen LogP contribution in [-0.2, 0) is 15.5 Å². The maximum atomic E-state index is 11.3. The molecule has 0 N–H and O–H groups in total. The zero-order valence-corrected chi connectivity index (χ0v) is 9.98. The molecule has 0 spiro atoms. The number of rotatable bonds is 2. The summed E-state index contributed by atoms with van der Waals surface area (Å²) >= 11 is 0. The molecule has 0 heterocycles. The van der Waals surface area contributed by atoms with Crippen molar-refractivity contribution in [3.63, 3.8) is 0 Å². The van der Waals surface area contributed by atoms with Crippen molar-refractivity contribution >= 4 is 19.7 Å². The van der Waals surface area contributed by atoms with Gasteiger partial charge in [-0.1, -0.05) is 13.0 Å². The molecule has 0 radical (unpaired) electrons. The summed E-state index contributed by atoms with van der Waals surface area (Å²) in [6, 6.07) is 5.07. The van der Waals surface area contributed by atoms with Crippen molar-refractivity contribution < 1.29 is 8.42 Å². The molecule has 0 amide bonds. The van der Waals surface area contributed by atoms with Gasteiger partial charge in [0.2, 0.25) is 0 Å². The average molecular weight is 244 g/mol. The molecule has 1 rings (SSSR count). The second kappa shape index (κ2) is 4.21. The second-order valence-corrected chi connectivity index (χ2v) is 5.63. The minimum Gasteiger partial charge on any atom is -0.207 e. The van der Waals surface area contributed by atoms with Crippen molar-refractivity contribution in [1.82, 2.24) is 0 Å². The number of nitriles is 1. The third-order valence-electron chi connectivity index (χ3n) is 2.26. The largest absolute Gasteiger partial charge is 0.262 e. The Morgan fingerprint density at radius 3 is 2.47 bits per heavy atom. The zero-order valence-electron chi connectivity index (χ0n) is 8.41. The van der Waals surface area contributed by atoms with Crippen LogP contribution in [0.3, 0.4) is 0 Å². The summed E-state index contributed by atoms with van der Waals surface area (Å²) in [6.45, 7) is 3.58. The highest BCUT2D eigenvalue weighted by molar-refractivity contribution is 8.13. The fourth-order valence-electron chi connectivity index (χ4n) is 1.52. The summed E-state index contributed by atoms with van der Waals surface area (Å²) in [5, 5.41) is 8.80. The van der Waals surface area contributed by atoms with Crippen LogP contribution in [0.15, 0.2) is 17.0 Å². The number of nitrogens with zero attached hydrogens (tertiary/aromatic N) is 1. The lowest BCUT2D eigenvalue weighted by molar-refractivity contribution is 0.608. The van der Waals surface area contributed by atoms with E-state index in [2.05, 4.69) is 0 Å². The van der Waals surface area contributed by atoms with Crippen LogP contribution in [-0.4, -0.2) is 8.42 Å². The van der Waals surface area contributed by atoms with Crippen molar-refractivity contribution in [2.75, 3.05) is 0 Å². The van der Waals surface area contributed by atoms with Gasteiger partial charge in [0.25, 0.3) is 9.05 Å². The van der Waals surface area contributed by atoms with Crippen molar-refractivity contribution in [2.45, 2.75) is 25.2 Å². The molecule has 0 aliphatic carbocycles. The number of aryl methyl sites for hydroxylation is 1. The molecule has 0 saturated carbocycles. The maximum Gasteiger partial charge on any atom is 0.262 e. The summed E-state index contributed by atoms with van der Waals surface area (Å²) in [4.78, 5) is -0.0639. The maximum absolute atomic E-state index is 11.3. The molecule has 0 unspecified atom stereocenters. The van der Waals surface area contributed by atoms with E-state index in [0.717, 1.165) is 5.56 Å². The van der Waals surface area contributed by atoms with Gasteiger partial charge >= 0.3 is 0 Å². The van der Waals surface area contributed by atoms with Crippen LogP contribution >= 0.6 is 10.7 Å². The van der Waals surface area contributed by atoms with Gasteiger partial charge in [0.15, 0.2) is 0 Å². The number of halogens is 1. The van der Waals surface area contributed by atoms with Crippen LogP contribution < -0.4 is 0 Å². The highest BCUT2D eigenvalue weighted by atomic mass is 35.7. The van der Waals surface area contributed by atoms with E-state index in [0.29, 0.717) is 12.0 Å². The Labute approximate surface area is 93.7 Å². The summed E-state index contributed by atoms with van der Waals surface area (Å²) in [5.41, 5.74) is 1.54. The van der Waals surface area contributed by atoms with Crippen LogP contribution in [0.25, 0.3) is 0 Å². The molecular formula is C10H10ClNO2S. The third-order valence-corrected chi connectivity index (χ3v) is 3.74. The van der Waals surface area contributed by atoms with Crippen molar-refractivity contribution in [2.24, 2.45) is 0 Å². The second-order valence-electron chi connectivity index (χ2n) is 3.13. The molecule has 1 aromatic rings. The molecule has 0 saturated heterocycles. The lowest BCUT2D eigenvalue weighted by atomic mass is 10.0. The van der Waals surface area contributed by atoms with E-state index in [-0.39, 0.29) is 10.5 Å². The molecule has 0 aliphatic heterocycles. The molecule has 0 aromatic heterocycles. The molecule has 5 heteroatoms. The lowest BCUT2D eigenvalue weighted by Crippen LogP contribution is -2.02. The van der Waals surface area contributed by atoms with Crippen LogP contribution in [0.5, 0.6) is 0 Å². The molecular weight excluding hydrogens is 234 g/mol. The standard InChI is InChI=1S/C10H10ClNO2S/c1-3-8-4-5-9(6-12)10(7(8)2)15(11,13)14/h4-5H,3H2,1-2H3. The first-order valence-electron chi connectivity index (χ1n) is 4.39. The smallest absolute Gasteiger partial charge is 0.207 e. The molecule has 0 atom stereocenters. The van der Waals surface area contributed by atoms with Crippen LogP contribution in [0, 0.1) is 18.3 Å². The predicted octanol–water partition coefficient (Wildman–Crippen LogP) is 2.36. The Morgan fingerprint density at radius 1 is 1.47 bits per heavy atom. The number of benzene rings is 1.